The molecule has 2 aromatic heterocycles. The number of nitrogens with one attached hydrogen (secondary N) is 1. The van der Waals surface area contributed by atoms with Gasteiger partial charge in [-0.1, -0.05) is 11.6 Å². The van der Waals surface area contributed by atoms with Crippen LogP contribution < -0.4 is 5.32 Å². The van der Waals surface area contributed by atoms with Crippen molar-refractivity contribution < 1.29 is 18.7 Å². The standard InChI is InChI=1S/C21H21ClFN5O3/c1-12(10-25-19(29)8-14-11-31-20(26-14)21(2,3)30)28-5-4-18(27-28)13-6-16(22)15(9-24)17(23)7-13/h4-7,11-12,30H,8,10H2,1-3H3,(H,25,29)/t12-/m1/s1. The summed E-state index contributed by atoms with van der Waals surface area (Å²) >= 11 is 5.96. The van der Waals surface area contributed by atoms with E-state index in [-0.39, 0.29) is 34.8 Å². The van der Waals surface area contributed by atoms with Crippen molar-refractivity contribution in [3.63, 3.8) is 0 Å². The molecule has 0 aliphatic heterocycles. The van der Waals surface area contributed by atoms with Crippen LogP contribution in [0.4, 0.5) is 4.39 Å². The SMILES string of the molecule is C[C@H](CNC(=O)Cc1coc(C(C)(C)O)n1)n1ccc(-c2cc(F)c(C#N)c(Cl)c2)n1. The van der Waals surface area contributed by atoms with Crippen LogP contribution in [0, 0.1) is 17.1 Å². The Labute approximate surface area is 183 Å². The first-order chi connectivity index (χ1) is 14.6. The van der Waals surface area contributed by atoms with Crippen LogP contribution in [0.15, 0.2) is 35.1 Å². The minimum Gasteiger partial charge on any atom is -0.446 e. The zero-order valence-electron chi connectivity index (χ0n) is 17.2. The number of benzene rings is 1. The number of amides is 1. The van der Waals surface area contributed by atoms with E-state index in [4.69, 9.17) is 21.3 Å². The number of aromatic nitrogens is 3. The van der Waals surface area contributed by atoms with E-state index >= 15 is 0 Å². The molecule has 1 atom stereocenters. The Morgan fingerprint density at radius 2 is 2.23 bits per heavy atom. The van der Waals surface area contributed by atoms with Gasteiger partial charge in [-0.3, -0.25) is 9.48 Å². The maximum Gasteiger partial charge on any atom is 0.226 e. The van der Waals surface area contributed by atoms with Crippen molar-refractivity contribution in [3.8, 4) is 17.3 Å². The topological polar surface area (TPSA) is 117 Å². The summed E-state index contributed by atoms with van der Waals surface area (Å²) in [6, 6.07) is 5.94. The lowest BCUT2D eigenvalue weighted by atomic mass is 10.1. The quantitative estimate of drug-likeness (QED) is 0.576. The van der Waals surface area contributed by atoms with E-state index < -0.39 is 11.4 Å². The van der Waals surface area contributed by atoms with Gasteiger partial charge in [0.05, 0.1) is 28.9 Å². The van der Waals surface area contributed by atoms with Crippen molar-refractivity contribution in [2.24, 2.45) is 0 Å². The van der Waals surface area contributed by atoms with E-state index in [1.54, 1.807) is 36.9 Å². The summed E-state index contributed by atoms with van der Waals surface area (Å²) in [6.07, 6.45) is 3.07. The number of carbonyl (C=O) groups is 1. The molecule has 2 heterocycles. The highest BCUT2D eigenvalue weighted by Crippen LogP contribution is 2.27. The predicted molar refractivity (Wildman–Crippen MR) is 111 cm³/mol. The molecule has 0 spiro atoms. The Hall–Kier alpha value is -3.22. The normalized spacial score (nSPS) is 12.4. The van der Waals surface area contributed by atoms with Crippen LogP contribution in [-0.4, -0.2) is 32.3 Å². The monoisotopic (exact) mass is 445 g/mol. The van der Waals surface area contributed by atoms with Crippen LogP contribution >= 0.6 is 11.6 Å². The van der Waals surface area contributed by atoms with Crippen LogP contribution in [0.5, 0.6) is 0 Å². The average Bonchev–Trinajstić information content (AvgIpc) is 3.35. The third-order valence-corrected chi connectivity index (χ3v) is 4.82. The lowest BCUT2D eigenvalue weighted by molar-refractivity contribution is -0.120. The third-order valence-electron chi connectivity index (χ3n) is 4.52. The predicted octanol–water partition coefficient (Wildman–Crippen LogP) is 3.35. The fraction of sp³-hybridized carbons (Fsp3) is 0.333. The number of carbonyl (C=O) groups excluding carboxylic acids is 1. The van der Waals surface area contributed by atoms with Crippen LogP contribution in [0.3, 0.4) is 0 Å². The van der Waals surface area contributed by atoms with Crippen LogP contribution in [0.1, 0.15) is 44.0 Å². The van der Waals surface area contributed by atoms with Gasteiger partial charge in [0.2, 0.25) is 11.8 Å². The summed E-state index contributed by atoms with van der Waals surface area (Å²) in [5, 5.41) is 26.0. The molecule has 2 N–H and O–H groups in total. The molecular formula is C21H21ClFN5O3. The van der Waals surface area contributed by atoms with Gasteiger partial charge in [0, 0.05) is 18.3 Å². The van der Waals surface area contributed by atoms with E-state index in [0.29, 0.717) is 23.5 Å². The highest BCUT2D eigenvalue weighted by atomic mass is 35.5. The number of rotatable bonds is 7. The van der Waals surface area contributed by atoms with E-state index in [9.17, 15) is 14.3 Å². The number of halogens is 2. The molecule has 0 bridgehead atoms. The highest BCUT2D eigenvalue weighted by molar-refractivity contribution is 6.32. The summed E-state index contributed by atoms with van der Waals surface area (Å²) < 4.78 is 20.8. The smallest absolute Gasteiger partial charge is 0.226 e. The molecule has 31 heavy (non-hydrogen) atoms. The number of nitriles is 1. The van der Waals surface area contributed by atoms with Gasteiger partial charge in [0.15, 0.2) is 0 Å². The number of nitrogens with zero attached hydrogens (tertiary/aromatic N) is 4. The molecule has 3 rings (SSSR count). The van der Waals surface area contributed by atoms with Crippen molar-refractivity contribution in [3.05, 3.63) is 58.6 Å². The van der Waals surface area contributed by atoms with Gasteiger partial charge in [-0.2, -0.15) is 10.4 Å². The van der Waals surface area contributed by atoms with E-state index in [1.807, 2.05) is 6.92 Å². The van der Waals surface area contributed by atoms with E-state index in [2.05, 4.69) is 15.4 Å². The summed E-state index contributed by atoms with van der Waals surface area (Å²) in [5.41, 5.74) is -0.0650. The van der Waals surface area contributed by atoms with E-state index in [0.717, 1.165) is 0 Å². The molecule has 1 aromatic carbocycles. The lowest BCUT2D eigenvalue weighted by Crippen LogP contribution is -2.31. The van der Waals surface area contributed by atoms with Gasteiger partial charge >= 0.3 is 0 Å². The Morgan fingerprint density at radius 3 is 2.84 bits per heavy atom. The van der Waals surface area contributed by atoms with Gasteiger partial charge in [-0.25, -0.2) is 9.37 Å². The zero-order valence-corrected chi connectivity index (χ0v) is 17.9. The molecule has 0 saturated carbocycles. The van der Waals surface area contributed by atoms with Crippen LogP contribution in [-0.2, 0) is 16.8 Å². The molecule has 162 valence electrons. The van der Waals surface area contributed by atoms with Crippen LogP contribution in [0.2, 0.25) is 5.02 Å². The summed E-state index contributed by atoms with van der Waals surface area (Å²) in [5.74, 6) is -0.816. The second-order valence-electron chi connectivity index (χ2n) is 7.64. The maximum atomic E-state index is 14.0. The second-order valence-corrected chi connectivity index (χ2v) is 8.05. The molecule has 0 fully saturated rings. The minimum atomic E-state index is -1.22. The number of aliphatic hydroxyl groups is 1. The highest BCUT2D eigenvalue weighted by Gasteiger charge is 2.23. The number of oxazole rings is 1. The Morgan fingerprint density at radius 1 is 1.48 bits per heavy atom. The van der Waals surface area contributed by atoms with Crippen molar-refractivity contribution in [2.45, 2.75) is 38.8 Å². The molecule has 1 amide bonds. The summed E-state index contributed by atoms with van der Waals surface area (Å²) in [4.78, 5) is 16.3. The molecule has 0 unspecified atom stereocenters. The molecule has 0 aliphatic rings. The maximum absolute atomic E-state index is 14.0. The van der Waals surface area contributed by atoms with Crippen molar-refractivity contribution in [1.29, 1.82) is 5.26 Å². The molecule has 8 nitrogen and oxygen atoms in total. The fourth-order valence-electron chi connectivity index (χ4n) is 2.82. The van der Waals surface area contributed by atoms with Gasteiger partial charge in [0.25, 0.3) is 0 Å². The Balaban J connectivity index is 1.60. The molecule has 0 radical (unpaired) electrons. The van der Waals surface area contributed by atoms with Gasteiger partial charge in [-0.05, 0) is 39.0 Å². The summed E-state index contributed by atoms with van der Waals surface area (Å²) in [6.45, 7) is 5.26. The van der Waals surface area contributed by atoms with Crippen molar-refractivity contribution in [1.82, 2.24) is 20.1 Å². The molecule has 3 aromatic rings. The van der Waals surface area contributed by atoms with E-state index in [1.165, 1.54) is 18.4 Å². The fourth-order valence-corrected chi connectivity index (χ4v) is 3.07. The van der Waals surface area contributed by atoms with Gasteiger partial charge in [0.1, 0.15) is 29.3 Å². The molecular weight excluding hydrogens is 425 g/mol. The molecule has 0 saturated heterocycles. The average molecular weight is 446 g/mol. The Kier molecular flexibility index (Phi) is 6.43. The first-order valence-electron chi connectivity index (χ1n) is 9.47. The zero-order chi connectivity index (χ0) is 22.8. The second kappa shape index (κ2) is 8.88. The number of hydrogen-bond donors (Lipinski definition) is 2. The minimum absolute atomic E-state index is 0.0136. The molecule has 0 aliphatic carbocycles. The first kappa shape index (κ1) is 22.5. The van der Waals surface area contributed by atoms with Crippen LogP contribution in [0.25, 0.3) is 11.3 Å². The van der Waals surface area contributed by atoms with Crippen molar-refractivity contribution >= 4 is 17.5 Å². The lowest BCUT2D eigenvalue weighted by Gasteiger charge is -2.13. The summed E-state index contributed by atoms with van der Waals surface area (Å²) in [7, 11) is 0. The first-order valence-corrected chi connectivity index (χ1v) is 9.85. The largest absolute Gasteiger partial charge is 0.446 e. The third kappa shape index (κ3) is 5.29. The Bertz CT molecular complexity index is 1120. The molecule has 10 heteroatoms. The van der Waals surface area contributed by atoms with Crippen molar-refractivity contribution in [2.75, 3.05) is 6.54 Å². The van der Waals surface area contributed by atoms with Gasteiger partial charge in [-0.15, -0.1) is 0 Å². The number of hydrogen-bond acceptors (Lipinski definition) is 6. The van der Waals surface area contributed by atoms with Gasteiger partial charge < -0.3 is 14.8 Å².